The second kappa shape index (κ2) is 3.56. The molecule has 1 aliphatic rings. The van der Waals surface area contributed by atoms with Gasteiger partial charge >= 0.3 is 0 Å². The van der Waals surface area contributed by atoms with E-state index in [0.717, 1.165) is 12.0 Å². The summed E-state index contributed by atoms with van der Waals surface area (Å²) in [4.78, 5) is 11.7. The summed E-state index contributed by atoms with van der Waals surface area (Å²) in [5, 5.41) is 0. The maximum Gasteiger partial charge on any atom is 0.165 e. The average molecular weight is 188 g/mol. The third kappa shape index (κ3) is 1.59. The number of hydrogen-bond donors (Lipinski definition) is 0. The van der Waals surface area contributed by atoms with Gasteiger partial charge in [-0.1, -0.05) is 26.0 Å². The van der Waals surface area contributed by atoms with Crippen LogP contribution >= 0.6 is 0 Å². The summed E-state index contributed by atoms with van der Waals surface area (Å²) in [7, 11) is 0. The Morgan fingerprint density at radius 3 is 2.64 bits per heavy atom. The summed E-state index contributed by atoms with van der Waals surface area (Å²) in [6.07, 6.45) is 3.58. The zero-order chi connectivity index (χ0) is 10.1. The Balaban J connectivity index is 2.33. The largest absolute Gasteiger partial charge is 0.294 e. The van der Waals surface area contributed by atoms with Crippen LogP contribution in [0.4, 0.5) is 0 Å². The molecule has 0 fully saturated rings. The number of ketones is 1. The number of hydrogen-bond acceptors (Lipinski definition) is 1. The van der Waals surface area contributed by atoms with E-state index in [1.54, 1.807) is 0 Å². The highest BCUT2D eigenvalue weighted by Gasteiger charge is 2.15. The first-order valence-corrected chi connectivity index (χ1v) is 5.34. The van der Waals surface area contributed by atoms with Gasteiger partial charge in [0.1, 0.15) is 0 Å². The molecule has 1 nitrogen and oxygen atoms in total. The standard InChI is InChI=1S/C13H16O/c1-9(2)13(14)12-7-6-10-4-3-5-11(10)8-12/h6-9H,3-5H2,1-2H3. The number of fused-ring (bicyclic) bond motifs is 1. The summed E-state index contributed by atoms with van der Waals surface area (Å²) >= 11 is 0. The molecule has 0 unspecified atom stereocenters. The van der Waals surface area contributed by atoms with Gasteiger partial charge in [-0.15, -0.1) is 0 Å². The highest BCUT2D eigenvalue weighted by molar-refractivity contribution is 5.97. The van der Waals surface area contributed by atoms with Crippen molar-refractivity contribution in [3.05, 3.63) is 34.9 Å². The summed E-state index contributed by atoms with van der Waals surface area (Å²) in [5.74, 6) is 0.370. The van der Waals surface area contributed by atoms with Gasteiger partial charge in [-0.3, -0.25) is 4.79 Å². The number of benzene rings is 1. The predicted molar refractivity (Wildman–Crippen MR) is 57.6 cm³/mol. The third-order valence-electron chi connectivity index (χ3n) is 2.91. The summed E-state index contributed by atoms with van der Waals surface area (Å²) in [6.45, 7) is 3.91. The van der Waals surface area contributed by atoms with E-state index < -0.39 is 0 Å². The van der Waals surface area contributed by atoms with Gasteiger partial charge in [0.2, 0.25) is 0 Å². The first kappa shape index (κ1) is 9.45. The van der Waals surface area contributed by atoms with E-state index in [-0.39, 0.29) is 11.7 Å². The quantitative estimate of drug-likeness (QED) is 0.652. The fourth-order valence-corrected chi connectivity index (χ4v) is 2.06. The zero-order valence-corrected chi connectivity index (χ0v) is 8.84. The van der Waals surface area contributed by atoms with Crippen LogP contribution in [0.25, 0.3) is 0 Å². The summed E-state index contributed by atoms with van der Waals surface area (Å²) < 4.78 is 0. The Morgan fingerprint density at radius 1 is 1.21 bits per heavy atom. The van der Waals surface area contributed by atoms with Gasteiger partial charge in [0, 0.05) is 11.5 Å². The molecule has 0 amide bonds. The minimum absolute atomic E-state index is 0.106. The fraction of sp³-hybridized carbons (Fsp3) is 0.462. The molecule has 0 aliphatic heterocycles. The van der Waals surface area contributed by atoms with E-state index in [1.165, 1.54) is 24.0 Å². The third-order valence-corrected chi connectivity index (χ3v) is 2.91. The smallest absolute Gasteiger partial charge is 0.165 e. The van der Waals surface area contributed by atoms with Crippen molar-refractivity contribution in [1.29, 1.82) is 0 Å². The molecule has 0 bridgehead atoms. The highest BCUT2D eigenvalue weighted by Crippen LogP contribution is 2.23. The monoisotopic (exact) mass is 188 g/mol. The minimum Gasteiger partial charge on any atom is -0.294 e. The second-order valence-corrected chi connectivity index (χ2v) is 4.36. The van der Waals surface area contributed by atoms with Crippen molar-refractivity contribution >= 4 is 5.78 Å². The molecule has 0 saturated heterocycles. The normalized spacial score (nSPS) is 14.5. The molecule has 0 atom stereocenters. The number of aryl methyl sites for hydroxylation is 2. The molecule has 0 radical (unpaired) electrons. The molecule has 0 spiro atoms. The lowest BCUT2D eigenvalue weighted by molar-refractivity contribution is 0.0939. The molecule has 1 aliphatic carbocycles. The molecular weight excluding hydrogens is 172 g/mol. The van der Waals surface area contributed by atoms with E-state index in [4.69, 9.17) is 0 Å². The second-order valence-electron chi connectivity index (χ2n) is 4.36. The Bertz CT molecular complexity index is 363. The van der Waals surface area contributed by atoms with Gasteiger partial charge in [-0.2, -0.15) is 0 Å². The van der Waals surface area contributed by atoms with Crippen molar-refractivity contribution in [2.45, 2.75) is 33.1 Å². The Labute approximate surface area is 85.1 Å². The Kier molecular flexibility index (Phi) is 2.40. The molecule has 14 heavy (non-hydrogen) atoms. The first-order chi connectivity index (χ1) is 6.68. The van der Waals surface area contributed by atoms with Gasteiger partial charge in [-0.05, 0) is 36.5 Å². The van der Waals surface area contributed by atoms with Crippen LogP contribution in [-0.4, -0.2) is 5.78 Å². The van der Waals surface area contributed by atoms with Gasteiger partial charge in [-0.25, -0.2) is 0 Å². The maximum absolute atomic E-state index is 11.7. The lowest BCUT2D eigenvalue weighted by atomic mass is 9.98. The van der Waals surface area contributed by atoms with E-state index >= 15 is 0 Å². The van der Waals surface area contributed by atoms with E-state index in [0.29, 0.717) is 0 Å². The molecule has 0 heterocycles. The molecular formula is C13H16O. The summed E-state index contributed by atoms with van der Waals surface area (Å²) in [6, 6.07) is 6.19. The molecule has 74 valence electrons. The Morgan fingerprint density at radius 2 is 1.93 bits per heavy atom. The topological polar surface area (TPSA) is 17.1 Å². The van der Waals surface area contributed by atoms with Crippen LogP contribution in [-0.2, 0) is 12.8 Å². The molecule has 0 N–H and O–H groups in total. The van der Waals surface area contributed by atoms with E-state index in [1.807, 2.05) is 19.9 Å². The average Bonchev–Trinajstić information content (AvgIpc) is 2.62. The molecule has 0 aromatic heterocycles. The number of carbonyl (C=O) groups is 1. The van der Waals surface area contributed by atoms with Gasteiger partial charge in [0.05, 0.1) is 0 Å². The van der Waals surface area contributed by atoms with Crippen molar-refractivity contribution in [3.8, 4) is 0 Å². The van der Waals surface area contributed by atoms with Crippen molar-refractivity contribution < 1.29 is 4.79 Å². The van der Waals surface area contributed by atoms with Crippen LogP contribution in [0.1, 0.15) is 41.8 Å². The van der Waals surface area contributed by atoms with Crippen LogP contribution in [0.2, 0.25) is 0 Å². The number of Topliss-reactive ketones (excluding diaryl/α,β-unsaturated/α-hetero) is 1. The minimum atomic E-state index is 0.106. The Hall–Kier alpha value is -1.11. The van der Waals surface area contributed by atoms with E-state index in [2.05, 4.69) is 12.1 Å². The lowest BCUT2D eigenvalue weighted by Crippen LogP contribution is -2.07. The van der Waals surface area contributed by atoms with Crippen molar-refractivity contribution in [2.24, 2.45) is 5.92 Å². The molecule has 1 aromatic rings. The van der Waals surface area contributed by atoms with Crippen LogP contribution in [0.5, 0.6) is 0 Å². The zero-order valence-electron chi connectivity index (χ0n) is 8.84. The molecule has 1 heteroatoms. The number of carbonyl (C=O) groups excluding carboxylic acids is 1. The maximum atomic E-state index is 11.7. The van der Waals surface area contributed by atoms with Crippen LogP contribution in [0.3, 0.4) is 0 Å². The van der Waals surface area contributed by atoms with E-state index in [9.17, 15) is 4.79 Å². The van der Waals surface area contributed by atoms with Gasteiger partial charge in [0.25, 0.3) is 0 Å². The first-order valence-electron chi connectivity index (χ1n) is 5.34. The van der Waals surface area contributed by atoms with Crippen molar-refractivity contribution in [2.75, 3.05) is 0 Å². The fourth-order valence-electron chi connectivity index (χ4n) is 2.06. The molecule has 2 rings (SSSR count). The molecule has 1 aromatic carbocycles. The van der Waals surface area contributed by atoms with Crippen LogP contribution < -0.4 is 0 Å². The number of rotatable bonds is 2. The van der Waals surface area contributed by atoms with Crippen molar-refractivity contribution in [3.63, 3.8) is 0 Å². The van der Waals surface area contributed by atoms with Gasteiger partial charge < -0.3 is 0 Å². The summed E-state index contributed by atoms with van der Waals surface area (Å²) in [5.41, 5.74) is 3.71. The predicted octanol–water partition coefficient (Wildman–Crippen LogP) is 3.01. The SMILES string of the molecule is CC(C)C(=O)c1ccc2c(c1)CCC2. The molecule has 0 saturated carbocycles. The lowest BCUT2D eigenvalue weighted by Gasteiger charge is -2.06. The van der Waals surface area contributed by atoms with Gasteiger partial charge in [0.15, 0.2) is 5.78 Å². The highest BCUT2D eigenvalue weighted by atomic mass is 16.1. The van der Waals surface area contributed by atoms with Crippen molar-refractivity contribution in [1.82, 2.24) is 0 Å². The van der Waals surface area contributed by atoms with Crippen LogP contribution in [0.15, 0.2) is 18.2 Å². The van der Waals surface area contributed by atoms with Crippen LogP contribution in [0, 0.1) is 5.92 Å².